The molecule has 2 rings (SSSR count). The van der Waals surface area contributed by atoms with E-state index in [0.717, 1.165) is 24.0 Å². The first-order chi connectivity index (χ1) is 9.34. The van der Waals surface area contributed by atoms with Gasteiger partial charge in [0.25, 0.3) is 0 Å². The van der Waals surface area contributed by atoms with Gasteiger partial charge < -0.3 is 0 Å². The lowest BCUT2D eigenvalue weighted by atomic mass is 9.93. The Bertz CT molecular complexity index is 678. The second kappa shape index (κ2) is 5.36. The number of hydrazone groups is 1. The Balaban J connectivity index is 2.51. The number of nitrogens with one attached hydrogen (secondary N) is 1. The van der Waals surface area contributed by atoms with Crippen LogP contribution in [-0.4, -0.2) is 26.3 Å². The van der Waals surface area contributed by atoms with Gasteiger partial charge in [-0.1, -0.05) is 19.4 Å². The van der Waals surface area contributed by atoms with Crippen LogP contribution < -0.4 is 5.43 Å². The Morgan fingerprint density at radius 2 is 2.05 bits per heavy atom. The number of nitrogens with zero attached hydrogens (tertiary/aromatic N) is 1. The summed E-state index contributed by atoms with van der Waals surface area (Å²) in [5, 5.41) is 4.07. The number of hydrogen-bond acceptors (Lipinski definition) is 4. The zero-order chi connectivity index (χ0) is 14.9. The number of benzene rings is 1. The van der Waals surface area contributed by atoms with Crippen LogP contribution in [0.5, 0.6) is 0 Å². The van der Waals surface area contributed by atoms with Crippen LogP contribution in [0.3, 0.4) is 0 Å². The van der Waals surface area contributed by atoms with Crippen LogP contribution in [0.2, 0.25) is 0 Å². The maximum Gasteiger partial charge on any atom is 0.249 e. The van der Waals surface area contributed by atoms with Crippen molar-refractivity contribution in [3.63, 3.8) is 0 Å². The molecule has 1 atom stereocenters. The lowest BCUT2D eigenvalue weighted by Gasteiger charge is -2.12. The number of aryl methyl sites for hydroxylation is 1. The summed E-state index contributed by atoms with van der Waals surface area (Å²) in [6, 6.07) is 5.01. The van der Waals surface area contributed by atoms with Crippen molar-refractivity contribution in [2.75, 3.05) is 6.26 Å². The largest absolute Gasteiger partial charge is 0.272 e. The van der Waals surface area contributed by atoms with E-state index < -0.39 is 9.84 Å². The highest BCUT2D eigenvalue weighted by Crippen LogP contribution is 2.23. The molecule has 0 radical (unpaired) electrons. The van der Waals surface area contributed by atoms with Crippen molar-refractivity contribution < 1.29 is 13.2 Å². The summed E-state index contributed by atoms with van der Waals surface area (Å²) in [6.07, 6.45) is 2.83. The van der Waals surface area contributed by atoms with Gasteiger partial charge in [-0.25, -0.2) is 13.8 Å². The van der Waals surface area contributed by atoms with Gasteiger partial charge in [-0.05, 0) is 31.0 Å². The molecule has 1 heterocycles. The fourth-order valence-electron chi connectivity index (χ4n) is 2.25. The Hall–Kier alpha value is -1.69. The second-order valence-corrected chi connectivity index (χ2v) is 7.05. The molecule has 108 valence electrons. The van der Waals surface area contributed by atoms with E-state index in [-0.39, 0.29) is 11.8 Å². The first kappa shape index (κ1) is 14.7. The van der Waals surface area contributed by atoms with Crippen LogP contribution in [0, 0.1) is 5.92 Å². The third-order valence-corrected chi connectivity index (χ3v) is 4.50. The van der Waals surface area contributed by atoms with Crippen LogP contribution in [0.15, 0.2) is 28.2 Å². The van der Waals surface area contributed by atoms with Crippen molar-refractivity contribution in [1.29, 1.82) is 0 Å². The van der Waals surface area contributed by atoms with Crippen molar-refractivity contribution in [3.05, 3.63) is 29.3 Å². The molecule has 1 aromatic rings. The summed E-state index contributed by atoms with van der Waals surface area (Å²) >= 11 is 0. The van der Waals surface area contributed by atoms with E-state index in [2.05, 4.69) is 10.5 Å². The zero-order valence-corrected chi connectivity index (χ0v) is 12.6. The molecule has 0 spiro atoms. The highest BCUT2D eigenvalue weighted by molar-refractivity contribution is 7.90. The Morgan fingerprint density at radius 3 is 2.55 bits per heavy atom. The highest BCUT2D eigenvalue weighted by atomic mass is 32.2. The van der Waals surface area contributed by atoms with Crippen molar-refractivity contribution in [2.24, 2.45) is 11.0 Å². The number of amides is 1. The fourth-order valence-corrected chi connectivity index (χ4v) is 2.92. The Morgan fingerprint density at radius 1 is 1.35 bits per heavy atom. The van der Waals surface area contributed by atoms with Gasteiger partial charge in [0.05, 0.1) is 16.5 Å². The summed E-state index contributed by atoms with van der Waals surface area (Å²) < 4.78 is 23.3. The first-order valence-electron chi connectivity index (χ1n) is 6.55. The fraction of sp³-hybridized carbons (Fsp3) is 0.429. The highest BCUT2D eigenvalue weighted by Gasteiger charge is 2.28. The van der Waals surface area contributed by atoms with E-state index in [1.54, 1.807) is 25.1 Å². The van der Waals surface area contributed by atoms with Crippen molar-refractivity contribution in [1.82, 2.24) is 5.43 Å². The molecule has 0 bridgehead atoms. The number of carbonyl (C=O) groups is 1. The quantitative estimate of drug-likeness (QED) is 0.914. The van der Waals surface area contributed by atoms with E-state index >= 15 is 0 Å². The summed E-state index contributed by atoms with van der Waals surface area (Å²) in [6.45, 7) is 3.82. The van der Waals surface area contributed by atoms with Crippen LogP contribution in [0.25, 0.3) is 0 Å². The minimum Gasteiger partial charge on any atom is -0.272 e. The average molecular weight is 294 g/mol. The monoisotopic (exact) mass is 294 g/mol. The van der Waals surface area contributed by atoms with Gasteiger partial charge in [0.15, 0.2) is 9.84 Å². The molecule has 20 heavy (non-hydrogen) atoms. The van der Waals surface area contributed by atoms with Gasteiger partial charge in [-0.3, -0.25) is 4.79 Å². The molecule has 0 aromatic heterocycles. The van der Waals surface area contributed by atoms with Gasteiger partial charge in [0.2, 0.25) is 5.91 Å². The van der Waals surface area contributed by atoms with E-state index in [4.69, 9.17) is 0 Å². The third kappa shape index (κ3) is 2.75. The second-order valence-electron chi connectivity index (χ2n) is 5.04. The smallest absolute Gasteiger partial charge is 0.249 e. The molecule has 1 unspecified atom stereocenters. The Labute approximate surface area is 119 Å². The molecule has 0 saturated carbocycles. The molecule has 0 saturated heterocycles. The summed E-state index contributed by atoms with van der Waals surface area (Å²) in [7, 11) is -3.23. The molecular weight excluding hydrogens is 276 g/mol. The van der Waals surface area contributed by atoms with Gasteiger partial charge >= 0.3 is 0 Å². The molecule has 1 aliphatic rings. The molecule has 6 heteroatoms. The van der Waals surface area contributed by atoms with Gasteiger partial charge in [0.1, 0.15) is 0 Å². The topological polar surface area (TPSA) is 75.6 Å². The number of carbonyl (C=O) groups excluding carboxylic acids is 1. The van der Waals surface area contributed by atoms with Crippen LogP contribution in [-0.2, 0) is 21.1 Å². The normalized spacial score (nSPS) is 18.9. The zero-order valence-electron chi connectivity index (χ0n) is 11.8. The summed E-state index contributed by atoms with van der Waals surface area (Å²) in [5.74, 6) is -0.440. The standard InChI is InChI=1S/C14H18N2O3S/c1-4-5-10-8-11(20(3,18)19)6-7-12(10)13-9(2)14(17)16-15-13/h6-9H,4-5H2,1-3H3,(H,16,17). The van der Waals surface area contributed by atoms with Crippen LogP contribution >= 0.6 is 0 Å². The number of hydrogen-bond donors (Lipinski definition) is 1. The van der Waals surface area contributed by atoms with Crippen molar-refractivity contribution in [2.45, 2.75) is 31.6 Å². The molecular formula is C14H18N2O3S. The molecule has 5 nitrogen and oxygen atoms in total. The summed E-state index contributed by atoms with van der Waals surface area (Å²) in [4.78, 5) is 11.8. The number of rotatable bonds is 4. The lowest BCUT2D eigenvalue weighted by molar-refractivity contribution is -0.121. The molecule has 0 fully saturated rings. The minimum absolute atomic E-state index is 0.130. The molecule has 0 aliphatic carbocycles. The van der Waals surface area contributed by atoms with E-state index in [9.17, 15) is 13.2 Å². The minimum atomic E-state index is -3.23. The number of sulfone groups is 1. The molecule has 1 amide bonds. The first-order valence-corrected chi connectivity index (χ1v) is 8.44. The van der Waals surface area contributed by atoms with E-state index in [1.807, 2.05) is 6.92 Å². The van der Waals surface area contributed by atoms with Crippen molar-refractivity contribution in [3.8, 4) is 0 Å². The van der Waals surface area contributed by atoms with Gasteiger partial charge in [-0.15, -0.1) is 0 Å². The predicted molar refractivity (Wildman–Crippen MR) is 77.4 cm³/mol. The van der Waals surface area contributed by atoms with Crippen LogP contribution in [0.1, 0.15) is 31.4 Å². The van der Waals surface area contributed by atoms with E-state index in [0.29, 0.717) is 10.6 Å². The van der Waals surface area contributed by atoms with E-state index in [1.165, 1.54) is 6.26 Å². The average Bonchev–Trinajstić information content (AvgIpc) is 2.69. The Kier molecular flexibility index (Phi) is 3.94. The van der Waals surface area contributed by atoms with Gasteiger partial charge in [-0.2, -0.15) is 5.10 Å². The summed E-state index contributed by atoms with van der Waals surface area (Å²) in [5.41, 5.74) is 4.91. The lowest BCUT2D eigenvalue weighted by Crippen LogP contribution is -2.21. The van der Waals surface area contributed by atoms with Crippen LogP contribution in [0.4, 0.5) is 0 Å². The molecule has 1 N–H and O–H groups in total. The maximum atomic E-state index is 11.6. The third-order valence-electron chi connectivity index (χ3n) is 3.39. The van der Waals surface area contributed by atoms with Crippen molar-refractivity contribution >= 4 is 21.5 Å². The maximum absolute atomic E-state index is 11.6. The molecule has 1 aliphatic heterocycles. The molecule has 1 aromatic carbocycles. The SMILES string of the molecule is CCCc1cc(S(C)(=O)=O)ccc1C1=NNC(=O)C1C. The predicted octanol–water partition coefficient (Wildman–Crippen LogP) is 1.51. The van der Waals surface area contributed by atoms with Gasteiger partial charge in [0, 0.05) is 11.8 Å².